The van der Waals surface area contributed by atoms with Crippen molar-refractivity contribution in [3.63, 3.8) is 0 Å². The van der Waals surface area contributed by atoms with Gasteiger partial charge in [0.05, 0.1) is 27.9 Å². The summed E-state index contributed by atoms with van der Waals surface area (Å²) >= 11 is 0. The van der Waals surface area contributed by atoms with Crippen molar-refractivity contribution in [3.05, 3.63) is 23.8 Å². The Morgan fingerprint density at radius 2 is 1.62 bits per heavy atom. The molecule has 1 aromatic rings. The number of carbonyl (C=O) groups is 1. The summed E-state index contributed by atoms with van der Waals surface area (Å²) in [6, 6.07) is 3.07. The molecule has 21 heavy (non-hydrogen) atoms. The highest BCUT2D eigenvalue weighted by molar-refractivity contribution is 5.93. The summed E-state index contributed by atoms with van der Waals surface area (Å²) in [5.41, 5.74) is 0.153. The molecule has 0 heterocycles. The number of rotatable bonds is 8. The van der Waals surface area contributed by atoms with E-state index in [4.69, 9.17) is 28.7 Å². The molecule has 0 N–H and O–H groups in total. The maximum Gasteiger partial charge on any atom is 0.377 e. The van der Waals surface area contributed by atoms with Crippen molar-refractivity contribution in [1.29, 1.82) is 0 Å². The maximum atomic E-state index is 12.0. The molecule has 7 heteroatoms. The van der Waals surface area contributed by atoms with E-state index in [1.807, 2.05) is 0 Å². The lowest BCUT2D eigenvalue weighted by atomic mass is 10.1. The first-order valence-electron chi connectivity index (χ1n) is 6.08. The third-order valence-corrected chi connectivity index (χ3v) is 2.53. The molecule has 0 aromatic heterocycles. The number of hydrogen-bond acceptors (Lipinski definition) is 7. The molecule has 0 aliphatic carbocycles. The van der Waals surface area contributed by atoms with E-state index in [9.17, 15) is 4.79 Å². The van der Waals surface area contributed by atoms with Gasteiger partial charge in [-0.05, 0) is 19.1 Å². The van der Waals surface area contributed by atoms with Crippen molar-refractivity contribution in [3.8, 4) is 17.2 Å². The van der Waals surface area contributed by atoms with Crippen LogP contribution in [0.4, 0.5) is 0 Å². The fourth-order valence-corrected chi connectivity index (χ4v) is 1.64. The summed E-state index contributed by atoms with van der Waals surface area (Å²) in [5, 5.41) is 0. The second kappa shape index (κ2) is 8.33. The van der Waals surface area contributed by atoms with Gasteiger partial charge >= 0.3 is 5.97 Å². The van der Waals surface area contributed by atoms with E-state index in [1.165, 1.54) is 34.5 Å². The maximum absolute atomic E-state index is 12.0. The Kier molecular flexibility index (Phi) is 6.77. The summed E-state index contributed by atoms with van der Waals surface area (Å²) < 4.78 is 20.4. The molecule has 1 radical (unpaired) electrons. The van der Waals surface area contributed by atoms with E-state index in [2.05, 4.69) is 0 Å². The molecule has 117 valence electrons. The van der Waals surface area contributed by atoms with Crippen molar-refractivity contribution in [2.75, 3.05) is 35.0 Å². The lowest BCUT2D eigenvalue weighted by molar-refractivity contribution is -0.237. The molecule has 0 atom stereocenters. The highest BCUT2D eigenvalue weighted by Gasteiger charge is 2.23. The number of benzene rings is 1. The Balaban J connectivity index is 2.94. The Morgan fingerprint density at radius 3 is 2.14 bits per heavy atom. The average molecular weight is 299 g/mol. The van der Waals surface area contributed by atoms with Crippen LogP contribution in [-0.4, -0.2) is 41.0 Å². The third kappa shape index (κ3) is 4.24. The first kappa shape index (κ1) is 17.1. The molecule has 0 saturated carbocycles. The van der Waals surface area contributed by atoms with Crippen LogP contribution in [0.1, 0.15) is 17.3 Å². The van der Waals surface area contributed by atoms with Crippen LogP contribution in [0.5, 0.6) is 17.2 Å². The number of ether oxygens (including phenoxy) is 4. The third-order valence-electron chi connectivity index (χ3n) is 2.53. The highest BCUT2D eigenvalue weighted by Crippen LogP contribution is 2.40. The summed E-state index contributed by atoms with van der Waals surface area (Å²) in [5.74, 6) is 0.221. The van der Waals surface area contributed by atoms with Crippen LogP contribution in [-0.2, 0) is 14.5 Å². The van der Waals surface area contributed by atoms with Gasteiger partial charge in [0.25, 0.3) is 0 Å². The van der Waals surface area contributed by atoms with Gasteiger partial charge in [0.15, 0.2) is 17.6 Å². The van der Waals surface area contributed by atoms with Crippen molar-refractivity contribution in [2.45, 2.75) is 6.92 Å². The summed E-state index contributed by atoms with van der Waals surface area (Å²) in [6.45, 7) is 1.85. The Labute approximate surface area is 123 Å². The lowest BCUT2D eigenvalue weighted by Crippen LogP contribution is -2.13. The Morgan fingerprint density at radius 1 is 0.952 bits per heavy atom. The second-order valence-electron chi connectivity index (χ2n) is 3.97. The molecule has 1 rings (SSSR count). The molecule has 0 saturated heterocycles. The highest BCUT2D eigenvalue weighted by atomic mass is 17.2. The van der Waals surface area contributed by atoms with Gasteiger partial charge in [-0.15, -0.1) is 0 Å². The SMILES string of the molecule is COC[C](C)OOC(=O)c1ccc(OC)c(OC)c1OC. The lowest BCUT2D eigenvalue weighted by Gasteiger charge is -2.15. The van der Waals surface area contributed by atoms with Gasteiger partial charge < -0.3 is 18.9 Å². The predicted octanol–water partition coefficient (Wildman–Crippen LogP) is 2.00. The minimum atomic E-state index is -0.719. The van der Waals surface area contributed by atoms with E-state index >= 15 is 0 Å². The van der Waals surface area contributed by atoms with Crippen LogP contribution < -0.4 is 14.2 Å². The van der Waals surface area contributed by atoms with Gasteiger partial charge in [0.2, 0.25) is 5.75 Å². The molecule has 7 nitrogen and oxygen atoms in total. The zero-order chi connectivity index (χ0) is 15.8. The molecule has 0 bridgehead atoms. The van der Waals surface area contributed by atoms with Crippen LogP contribution in [0.2, 0.25) is 0 Å². The van der Waals surface area contributed by atoms with E-state index in [0.717, 1.165) is 0 Å². The largest absolute Gasteiger partial charge is 0.493 e. The molecular formula is C14H19O7. The predicted molar refractivity (Wildman–Crippen MR) is 73.4 cm³/mol. The van der Waals surface area contributed by atoms with Crippen LogP contribution in [0.25, 0.3) is 0 Å². The quantitative estimate of drug-likeness (QED) is 0.537. The molecule has 0 aliphatic rings. The summed E-state index contributed by atoms with van der Waals surface area (Å²) in [7, 11) is 5.85. The van der Waals surface area contributed by atoms with Gasteiger partial charge in [-0.1, -0.05) is 0 Å². The van der Waals surface area contributed by atoms with Crippen LogP contribution in [0.3, 0.4) is 0 Å². The zero-order valence-corrected chi connectivity index (χ0v) is 12.7. The fourth-order valence-electron chi connectivity index (χ4n) is 1.64. The molecule has 0 fully saturated rings. The molecule has 0 spiro atoms. The van der Waals surface area contributed by atoms with Crippen molar-refractivity contribution < 1.29 is 33.5 Å². The molecule has 1 aromatic carbocycles. The summed E-state index contributed by atoms with van der Waals surface area (Å²) in [6.07, 6.45) is 0.408. The normalized spacial score (nSPS) is 10.4. The van der Waals surface area contributed by atoms with Crippen LogP contribution in [0.15, 0.2) is 12.1 Å². The molecule has 0 unspecified atom stereocenters. The second-order valence-corrected chi connectivity index (χ2v) is 3.97. The smallest absolute Gasteiger partial charge is 0.377 e. The zero-order valence-electron chi connectivity index (χ0n) is 12.7. The topological polar surface area (TPSA) is 72.5 Å². The van der Waals surface area contributed by atoms with E-state index in [0.29, 0.717) is 17.6 Å². The van der Waals surface area contributed by atoms with Crippen molar-refractivity contribution in [2.24, 2.45) is 0 Å². The van der Waals surface area contributed by atoms with Crippen LogP contribution in [0, 0.1) is 6.10 Å². The minimum Gasteiger partial charge on any atom is -0.493 e. The van der Waals surface area contributed by atoms with Gasteiger partial charge in [0.1, 0.15) is 5.56 Å². The Bertz CT molecular complexity index is 473. The first-order chi connectivity index (χ1) is 10.1. The first-order valence-corrected chi connectivity index (χ1v) is 6.08. The number of carbonyl (C=O) groups excluding carboxylic acids is 1. The average Bonchev–Trinajstić information content (AvgIpc) is 2.51. The standard InChI is InChI=1S/C14H19O7/c1-9(8-16-2)20-21-14(15)10-6-7-11(17-3)13(19-5)12(10)18-4/h6-7H,8H2,1-5H3. The molecule has 0 amide bonds. The van der Waals surface area contributed by atoms with Gasteiger partial charge in [0, 0.05) is 7.11 Å². The minimum absolute atomic E-state index is 0.153. The molecular weight excluding hydrogens is 280 g/mol. The van der Waals surface area contributed by atoms with Gasteiger partial charge in [-0.25, -0.2) is 4.79 Å². The fraction of sp³-hybridized carbons (Fsp3) is 0.429. The van der Waals surface area contributed by atoms with Crippen molar-refractivity contribution >= 4 is 5.97 Å². The summed E-state index contributed by atoms with van der Waals surface area (Å²) in [4.78, 5) is 21.6. The van der Waals surface area contributed by atoms with Crippen LogP contribution >= 0.6 is 0 Å². The van der Waals surface area contributed by atoms with E-state index < -0.39 is 5.97 Å². The van der Waals surface area contributed by atoms with Gasteiger partial charge in [-0.2, -0.15) is 4.89 Å². The van der Waals surface area contributed by atoms with Crippen molar-refractivity contribution in [1.82, 2.24) is 0 Å². The van der Waals surface area contributed by atoms with E-state index in [-0.39, 0.29) is 17.9 Å². The number of hydrogen-bond donors (Lipinski definition) is 0. The molecule has 0 aliphatic heterocycles. The Hall–Kier alpha value is -1.99. The van der Waals surface area contributed by atoms with Gasteiger partial charge in [-0.3, -0.25) is 4.89 Å². The number of methoxy groups -OCH3 is 4. The van der Waals surface area contributed by atoms with E-state index in [1.54, 1.807) is 13.0 Å². The monoisotopic (exact) mass is 299 g/mol.